The molecule has 0 unspecified atom stereocenters. The summed E-state index contributed by atoms with van der Waals surface area (Å²) >= 11 is 0. The molecule has 1 atom stereocenters. The number of rotatable bonds is 43. The molecule has 0 N–H and O–H groups in total. The summed E-state index contributed by atoms with van der Waals surface area (Å²) in [4.78, 5) is 37.8. The lowest BCUT2D eigenvalue weighted by molar-refractivity contribution is -0.167. The second kappa shape index (κ2) is 41.6. The molecule has 0 aromatic rings. The van der Waals surface area contributed by atoms with Crippen LogP contribution in [0.25, 0.3) is 0 Å². The fourth-order valence-electron chi connectivity index (χ4n) is 7.41. The molecule has 0 bridgehead atoms. The van der Waals surface area contributed by atoms with Gasteiger partial charge in [0, 0.05) is 19.3 Å². The van der Waals surface area contributed by atoms with Crippen molar-refractivity contribution in [2.75, 3.05) is 13.2 Å². The standard InChI is InChI=1S/C50H96O6/c1-44(2)36-30-24-18-12-9-7-8-10-14-23-29-35-41-50(53)56-47(43-55-49(52)40-34-28-22-17-16-20-26-32-38-46(5)6)42-54-48(51)39-33-27-21-15-11-13-19-25-31-37-45(3)4/h44-47H,7-43H2,1-6H3/t47-/m1/s1. The Morgan fingerprint density at radius 1 is 0.304 bits per heavy atom. The van der Waals surface area contributed by atoms with Crippen LogP contribution in [-0.4, -0.2) is 37.2 Å². The van der Waals surface area contributed by atoms with Gasteiger partial charge < -0.3 is 14.2 Å². The highest BCUT2D eigenvalue weighted by atomic mass is 16.6. The fourth-order valence-corrected chi connectivity index (χ4v) is 7.41. The van der Waals surface area contributed by atoms with E-state index >= 15 is 0 Å². The van der Waals surface area contributed by atoms with E-state index in [0.29, 0.717) is 19.3 Å². The van der Waals surface area contributed by atoms with E-state index in [1.807, 2.05) is 0 Å². The maximum Gasteiger partial charge on any atom is 0.306 e. The van der Waals surface area contributed by atoms with Gasteiger partial charge in [-0.05, 0) is 37.0 Å². The quantitative estimate of drug-likeness (QED) is 0.0348. The zero-order valence-electron chi connectivity index (χ0n) is 38.4. The molecule has 0 aliphatic rings. The minimum Gasteiger partial charge on any atom is -0.462 e. The van der Waals surface area contributed by atoms with Crippen LogP contribution in [0.15, 0.2) is 0 Å². The third kappa shape index (κ3) is 43.5. The monoisotopic (exact) mass is 793 g/mol. The number of carbonyl (C=O) groups excluding carboxylic acids is 3. The topological polar surface area (TPSA) is 78.9 Å². The van der Waals surface area contributed by atoms with Crippen molar-refractivity contribution in [1.82, 2.24) is 0 Å². The fraction of sp³-hybridized carbons (Fsp3) is 0.940. The van der Waals surface area contributed by atoms with E-state index in [-0.39, 0.29) is 31.1 Å². The molecule has 0 saturated carbocycles. The summed E-state index contributed by atoms with van der Waals surface area (Å²) in [5, 5.41) is 0. The molecule has 0 fully saturated rings. The molecule has 56 heavy (non-hydrogen) atoms. The van der Waals surface area contributed by atoms with Crippen LogP contribution >= 0.6 is 0 Å². The average Bonchev–Trinajstić information content (AvgIpc) is 3.15. The van der Waals surface area contributed by atoms with Gasteiger partial charge in [0.05, 0.1) is 0 Å². The van der Waals surface area contributed by atoms with E-state index in [2.05, 4.69) is 41.5 Å². The van der Waals surface area contributed by atoms with Gasteiger partial charge in [0.2, 0.25) is 0 Å². The highest BCUT2D eigenvalue weighted by Gasteiger charge is 2.19. The van der Waals surface area contributed by atoms with Gasteiger partial charge in [0.25, 0.3) is 0 Å². The molecule has 6 nitrogen and oxygen atoms in total. The van der Waals surface area contributed by atoms with Gasteiger partial charge in [-0.1, -0.05) is 228 Å². The molecule has 0 aromatic carbocycles. The predicted molar refractivity (Wildman–Crippen MR) is 238 cm³/mol. The first-order valence-corrected chi connectivity index (χ1v) is 24.6. The summed E-state index contributed by atoms with van der Waals surface area (Å²) < 4.78 is 16.8. The lowest BCUT2D eigenvalue weighted by atomic mass is 10.0. The third-order valence-corrected chi connectivity index (χ3v) is 11.1. The van der Waals surface area contributed by atoms with Crippen LogP contribution in [-0.2, 0) is 28.6 Å². The lowest BCUT2D eigenvalue weighted by Gasteiger charge is -2.18. The Morgan fingerprint density at radius 3 is 0.768 bits per heavy atom. The number of carbonyl (C=O) groups is 3. The molecule has 0 heterocycles. The van der Waals surface area contributed by atoms with Gasteiger partial charge >= 0.3 is 17.9 Å². The first kappa shape index (κ1) is 54.4. The minimum atomic E-state index is -0.762. The van der Waals surface area contributed by atoms with Crippen LogP contribution in [0, 0.1) is 17.8 Å². The Kier molecular flexibility index (Phi) is 40.4. The van der Waals surface area contributed by atoms with Gasteiger partial charge in [-0.2, -0.15) is 0 Å². The van der Waals surface area contributed by atoms with Crippen molar-refractivity contribution >= 4 is 17.9 Å². The first-order chi connectivity index (χ1) is 27.1. The van der Waals surface area contributed by atoms with E-state index < -0.39 is 6.10 Å². The van der Waals surface area contributed by atoms with Gasteiger partial charge in [-0.3, -0.25) is 14.4 Å². The third-order valence-electron chi connectivity index (χ3n) is 11.1. The van der Waals surface area contributed by atoms with Gasteiger partial charge in [-0.25, -0.2) is 0 Å². The first-order valence-electron chi connectivity index (χ1n) is 24.6. The SMILES string of the molecule is CC(C)CCCCCCCCCCCCCCC(=O)O[C@H](COC(=O)CCCCCCCCCCCC(C)C)COC(=O)CCCCCCCCCCC(C)C. The van der Waals surface area contributed by atoms with Crippen molar-refractivity contribution in [2.24, 2.45) is 17.8 Å². The Hall–Kier alpha value is -1.59. The normalized spacial score (nSPS) is 12.2. The molecule has 0 spiro atoms. The molecule has 0 aromatic heterocycles. The zero-order chi connectivity index (χ0) is 41.3. The molecule has 0 aliphatic heterocycles. The molecule has 0 rings (SSSR count). The van der Waals surface area contributed by atoms with Gasteiger partial charge in [-0.15, -0.1) is 0 Å². The molecule has 0 amide bonds. The number of esters is 3. The van der Waals surface area contributed by atoms with E-state index in [1.54, 1.807) is 0 Å². The maximum absolute atomic E-state index is 12.8. The number of ether oxygens (including phenoxy) is 3. The largest absolute Gasteiger partial charge is 0.462 e. The molecular weight excluding hydrogens is 697 g/mol. The minimum absolute atomic E-state index is 0.0657. The molecule has 0 aliphatic carbocycles. The summed E-state index contributed by atoms with van der Waals surface area (Å²) in [5.41, 5.74) is 0. The van der Waals surface area contributed by atoms with E-state index in [1.165, 1.54) is 148 Å². The van der Waals surface area contributed by atoms with Crippen molar-refractivity contribution in [3.63, 3.8) is 0 Å². The van der Waals surface area contributed by atoms with Crippen LogP contribution in [0.5, 0.6) is 0 Å². The Bertz CT molecular complexity index is 868. The van der Waals surface area contributed by atoms with Crippen LogP contribution in [0.4, 0.5) is 0 Å². The van der Waals surface area contributed by atoms with Crippen molar-refractivity contribution in [2.45, 2.75) is 272 Å². The van der Waals surface area contributed by atoms with E-state index in [4.69, 9.17) is 14.2 Å². The Morgan fingerprint density at radius 2 is 0.518 bits per heavy atom. The molecule has 6 heteroatoms. The molecular formula is C50H96O6. The second-order valence-electron chi connectivity index (χ2n) is 18.5. The molecule has 0 saturated heterocycles. The van der Waals surface area contributed by atoms with Crippen molar-refractivity contribution < 1.29 is 28.6 Å². The Labute approximate surface area is 348 Å². The van der Waals surface area contributed by atoms with E-state index in [0.717, 1.165) is 75.5 Å². The highest BCUT2D eigenvalue weighted by Crippen LogP contribution is 2.17. The summed E-state index contributed by atoms with van der Waals surface area (Å²) in [7, 11) is 0. The highest BCUT2D eigenvalue weighted by molar-refractivity contribution is 5.71. The summed E-state index contributed by atoms with van der Waals surface area (Å²) in [6.07, 6.45) is 39.5. The van der Waals surface area contributed by atoms with Crippen LogP contribution < -0.4 is 0 Å². The van der Waals surface area contributed by atoms with Crippen molar-refractivity contribution in [3.05, 3.63) is 0 Å². The smallest absolute Gasteiger partial charge is 0.306 e. The van der Waals surface area contributed by atoms with E-state index in [9.17, 15) is 14.4 Å². The summed E-state index contributed by atoms with van der Waals surface area (Å²) in [6, 6.07) is 0. The molecule has 0 radical (unpaired) electrons. The average molecular weight is 793 g/mol. The summed E-state index contributed by atoms with van der Waals surface area (Å²) in [6.45, 7) is 13.7. The number of hydrogen-bond acceptors (Lipinski definition) is 6. The number of hydrogen-bond donors (Lipinski definition) is 0. The van der Waals surface area contributed by atoms with Crippen LogP contribution in [0.1, 0.15) is 266 Å². The van der Waals surface area contributed by atoms with Crippen LogP contribution in [0.2, 0.25) is 0 Å². The summed E-state index contributed by atoms with van der Waals surface area (Å²) in [5.74, 6) is 1.58. The van der Waals surface area contributed by atoms with Gasteiger partial charge in [0.15, 0.2) is 6.10 Å². The zero-order valence-corrected chi connectivity index (χ0v) is 38.4. The molecule has 332 valence electrons. The lowest BCUT2D eigenvalue weighted by Crippen LogP contribution is -2.30. The van der Waals surface area contributed by atoms with Crippen molar-refractivity contribution in [3.8, 4) is 0 Å². The maximum atomic E-state index is 12.8. The number of unbranched alkanes of at least 4 members (excludes halogenated alkanes) is 26. The second-order valence-corrected chi connectivity index (χ2v) is 18.5. The van der Waals surface area contributed by atoms with Crippen LogP contribution in [0.3, 0.4) is 0 Å². The van der Waals surface area contributed by atoms with Crippen molar-refractivity contribution in [1.29, 1.82) is 0 Å². The van der Waals surface area contributed by atoms with Gasteiger partial charge in [0.1, 0.15) is 13.2 Å². The predicted octanol–water partition coefficient (Wildman–Crippen LogP) is 15.6. The Balaban J connectivity index is 4.33.